The summed E-state index contributed by atoms with van der Waals surface area (Å²) in [7, 11) is -3.34. The van der Waals surface area contributed by atoms with Crippen LogP contribution in [0, 0.1) is 5.82 Å². The van der Waals surface area contributed by atoms with Gasteiger partial charge in [-0.05, 0) is 12.1 Å². The molecule has 2 nitrogen and oxygen atoms in total. The summed E-state index contributed by atoms with van der Waals surface area (Å²) in [5, 5.41) is 0.683. The van der Waals surface area contributed by atoms with Gasteiger partial charge in [0, 0.05) is 17.2 Å². The monoisotopic (exact) mass is 256 g/mol. The Morgan fingerprint density at radius 3 is 2.31 bits per heavy atom. The minimum atomic E-state index is -4.63. The molecule has 0 radical (unpaired) electrons. The van der Waals surface area contributed by atoms with E-state index in [4.69, 9.17) is 4.55 Å². The van der Waals surface area contributed by atoms with Crippen molar-refractivity contribution in [3.63, 3.8) is 0 Å². The van der Waals surface area contributed by atoms with Crippen molar-refractivity contribution in [3.05, 3.63) is 35.1 Å². The van der Waals surface area contributed by atoms with Gasteiger partial charge in [-0.3, -0.25) is 0 Å². The van der Waals surface area contributed by atoms with E-state index in [1.54, 1.807) is 0 Å². The molecule has 0 saturated carbocycles. The molecule has 0 saturated heterocycles. The van der Waals surface area contributed by atoms with Crippen LogP contribution in [0.15, 0.2) is 18.2 Å². The fourth-order valence-electron chi connectivity index (χ4n) is 1.03. The summed E-state index contributed by atoms with van der Waals surface area (Å²) in [6.45, 7) is 0. The molecule has 0 aliphatic carbocycles. The maximum Gasteiger partial charge on any atom is 0.416 e. The molecule has 0 fully saturated rings. The van der Waals surface area contributed by atoms with Gasteiger partial charge in [0.15, 0.2) is 0 Å². The largest absolute Gasteiger partial charge is 0.416 e. The molecule has 0 aromatic heterocycles. The summed E-state index contributed by atoms with van der Waals surface area (Å²) >= 11 is 0. The fraction of sp³-hybridized carbons (Fsp3) is 0.222. The quantitative estimate of drug-likeness (QED) is 0.618. The zero-order chi connectivity index (χ0) is 12.6. The third-order valence-corrected chi connectivity index (χ3v) is 2.36. The van der Waals surface area contributed by atoms with Crippen molar-refractivity contribution in [1.29, 1.82) is 0 Å². The van der Waals surface area contributed by atoms with Gasteiger partial charge in [-0.25, -0.2) is 8.60 Å². The summed E-state index contributed by atoms with van der Waals surface area (Å²) in [6.07, 6.45) is -3.70. The highest BCUT2D eigenvalue weighted by Crippen LogP contribution is 2.29. The van der Waals surface area contributed by atoms with Crippen molar-refractivity contribution in [1.82, 2.24) is 0 Å². The lowest BCUT2D eigenvalue weighted by Gasteiger charge is -2.07. The van der Waals surface area contributed by atoms with Crippen LogP contribution in [-0.4, -0.2) is 20.4 Å². The van der Waals surface area contributed by atoms with Crippen LogP contribution < -0.4 is 0 Å². The third kappa shape index (κ3) is 3.49. The van der Waals surface area contributed by atoms with E-state index in [9.17, 15) is 21.8 Å². The Kier molecular flexibility index (Phi) is 3.30. The number of hydrogen-bond donors (Lipinski definition) is 1. The SMILES string of the molecule is CS(=O)(O)=Cc1ccc(C(F)(F)F)cc1F. The van der Waals surface area contributed by atoms with Gasteiger partial charge in [0.25, 0.3) is 0 Å². The van der Waals surface area contributed by atoms with E-state index < -0.39 is 27.4 Å². The van der Waals surface area contributed by atoms with Gasteiger partial charge in [0.1, 0.15) is 5.82 Å². The van der Waals surface area contributed by atoms with E-state index in [1.165, 1.54) is 0 Å². The van der Waals surface area contributed by atoms with Gasteiger partial charge in [0.2, 0.25) is 0 Å². The Hall–Kier alpha value is -1.08. The van der Waals surface area contributed by atoms with Gasteiger partial charge in [-0.2, -0.15) is 13.2 Å². The maximum atomic E-state index is 13.1. The number of hydrogen-bond acceptors (Lipinski definition) is 1. The standard InChI is InChI=1S/C9H8F4O2S/c1-16(14,15)5-6-2-3-7(4-8(6)10)9(11,12)13/h2-5H,1H3,(H,14,15). The number of benzene rings is 1. The molecule has 1 unspecified atom stereocenters. The average Bonchev–Trinajstić information content (AvgIpc) is 2.04. The highest BCUT2D eigenvalue weighted by atomic mass is 32.2. The summed E-state index contributed by atoms with van der Waals surface area (Å²) in [4.78, 5) is 0. The molecule has 0 aliphatic rings. The van der Waals surface area contributed by atoms with Crippen molar-refractivity contribution in [2.45, 2.75) is 6.18 Å². The molecule has 1 aromatic rings. The van der Waals surface area contributed by atoms with Gasteiger partial charge >= 0.3 is 6.18 Å². The molecule has 0 bridgehead atoms. The second-order valence-corrected chi connectivity index (χ2v) is 5.17. The van der Waals surface area contributed by atoms with Crippen LogP contribution in [-0.2, 0) is 16.0 Å². The molecular formula is C9H8F4O2S. The Labute approximate surface area is 89.7 Å². The Morgan fingerprint density at radius 1 is 1.38 bits per heavy atom. The van der Waals surface area contributed by atoms with Crippen LogP contribution in [0.1, 0.15) is 11.1 Å². The van der Waals surface area contributed by atoms with Gasteiger partial charge in [-0.1, -0.05) is 6.07 Å². The Morgan fingerprint density at radius 2 is 1.94 bits per heavy atom. The molecular weight excluding hydrogens is 248 g/mol. The van der Waals surface area contributed by atoms with Crippen molar-refractivity contribution in [2.24, 2.45) is 0 Å². The summed E-state index contributed by atoms with van der Waals surface area (Å²) in [5.41, 5.74) is -1.47. The van der Waals surface area contributed by atoms with Crippen molar-refractivity contribution >= 4 is 15.2 Å². The summed E-state index contributed by atoms with van der Waals surface area (Å²) in [5.74, 6) is -1.18. The number of halogens is 4. The van der Waals surface area contributed by atoms with Crippen LogP contribution in [0.2, 0.25) is 0 Å². The maximum absolute atomic E-state index is 13.1. The van der Waals surface area contributed by atoms with Crippen LogP contribution in [0.25, 0.3) is 0 Å². The second kappa shape index (κ2) is 4.06. The predicted molar refractivity (Wildman–Crippen MR) is 53.3 cm³/mol. The molecule has 0 heterocycles. The Balaban J connectivity index is 3.27. The topological polar surface area (TPSA) is 37.3 Å². The molecule has 16 heavy (non-hydrogen) atoms. The molecule has 1 atom stereocenters. The lowest BCUT2D eigenvalue weighted by Crippen LogP contribution is -2.07. The third-order valence-electron chi connectivity index (χ3n) is 1.67. The normalized spacial score (nSPS) is 15.6. The van der Waals surface area contributed by atoms with E-state index in [1.807, 2.05) is 0 Å². The molecule has 0 spiro atoms. The molecule has 1 N–H and O–H groups in total. The molecule has 90 valence electrons. The minimum Gasteiger partial charge on any atom is -0.314 e. The van der Waals surface area contributed by atoms with Crippen LogP contribution in [0.3, 0.4) is 0 Å². The first-order chi connectivity index (χ1) is 7.09. The van der Waals surface area contributed by atoms with Crippen molar-refractivity contribution in [3.8, 4) is 0 Å². The van der Waals surface area contributed by atoms with E-state index in [2.05, 4.69) is 0 Å². The van der Waals surface area contributed by atoms with Crippen LogP contribution >= 0.6 is 0 Å². The van der Waals surface area contributed by atoms with Crippen LogP contribution in [0.4, 0.5) is 17.6 Å². The molecule has 0 amide bonds. The second-order valence-electron chi connectivity index (χ2n) is 3.21. The molecule has 1 rings (SSSR count). The van der Waals surface area contributed by atoms with Crippen molar-refractivity contribution < 1.29 is 26.3 Å². The molecule has 7 heteroatoms. The predicted octanol–water partition coefficient (Wildman–Crippen LogP) is 2.38. The molecule has 1 aromatic carbocycles. The van der Waals surface area contributed by atoms with Gasteiger partial charge in [-0.15, -0.1) is 0 Å². The number of alkyl halides is 3. The van der Waals surface area contributed by atoms with Gasteiger partial charge < -0.3 is 4.55 Å². The summed E-state index contributed by atoms with van der Waals surface area (Å²) < 4.78 is 69.4. The zero-order valence-corrected chi connectivity index (χ0v) is 8.90. The molecule has 0 aliphatic heterocycles. The van der Waals surface area contributed by atoms with Gasteiger partial charge in [0.05, 0.1) is 15.4 Å². The highest BCUT2D eigenvalue weighted by molar-refractivity contribution is 7.95. The Bertz CT molecular complexity index is 505. The minimum absolute atomic E-state index is 0.289. The van der Waals surface area contributed by atoms with Crippen LogP contribution in [0.5, 0.6) is 0 Å². The van der Waals surface area contributed by atoms with E-state index in [0.717, 1.165) is 12.3 Å². The lowest BCUT2D eigenvalue weighted by molar-refractivity contribution is -0.137. The van der Waals surface area contributed by atoms with Crippen molar-refractivity contribution in [2.75, 3.05) is 6.26 Å². The first-order valence-electron chi connectivity index (χ1n) is 4.03. The first-order valence-corrected chi connectivity index (χ1v) is 6.01. The lowest BCUT2D eigenvalue weighted by atomic mass is 10.1. The highest BCUT2D eigenvalue weighted by Gasteiger charge is 2.31. The first kappa shape index (κ1) is 13.0. The average molecular weight is 256 g/mol. The van der Waals surface area contributed by atoms with E-state index in [0.29, 0.717) is 11.4 Å². The smallest absolute Gasteiger partial charge is 0.314 e. The number of rotatable bonds is 1. The van der Waals surface area contributed by atoms with E-state index >= 15 is 0 Å². The zero-order valence-electron chi connectivity index (χ0n) is 8.08. The summed E-state index contributed by atoms with van der Waals surface area (Å²) in [6, 6.07) is 1.76. The van der Waals surface area contributed by atoms with E-state index in [-0.39, 0.29) is 11.6 Å². The fourth-order valence-corrected chi connectivity index (χ4v) is 1.70.